The summed E-state index contributed by atoms with van der Waals surface area (Å²) in [5.74, 6) is 0.886. The summed E-state index contributed by atoms with van der Waals surface area (Å²) in [5.41, 5.74) is 3.70. The van der Waals surface area contributed by atoms with Crippen molar-refractivity contribution in [1.82, 2.24) is 0 Å². The largest absolute Gasteiger partial charge is 0.492 e. The fourth-order valence-electron chi connectivity index (χ4n) is 2.00. The summed E-state index contributed by atoms with van der Waals surface area (Å²) < 4.78 is 6.71. The first kappa shape index (κ1) is 13.9. The molecule has 0 aliphatic carbocycles. The van der Waals surface area contributed by atoms with E-state index in [2.05, 4.69) is 53.3 Å². The SMILES string of the molecule is Cc1cc(C)cc(NCCOc2cccc(Br)c2)c1. The monoisotopic (exact) mass is 319 g/mol. The molecular weight excluding hydrogens is 302 g/mol. The zero-order chi connectivity index (χ0) is 13.7. The molecule has 0 aliphatic rings. The highest BCUT2D eigenvalue weighted by molar-refractivity contribution is 9.10. The third-order valence-electron chi connectivity index (χ3n) is 2.72. The first-order valence-electron chi connectivity index (χ1n) is 6.34. The van der Waals surface area contributed by atoms with Crippen molar-refractivity contribution in [3.05, 3.63) is 58.1 Å². The Kier molecular flexibility index (Phi) is 4.86. The fourth-order valence-corrected chi connectivity index (χ4v) is 2.38. The van der Waals surface area contributed by atoms with Gasteiger partial charge in [0.2, 0.25) is 0 Å². The molecule has 0 aromatic heterocycles. The minimum atomic E-state index is 0.642. The van der Waals surface area contributed by atoms with Gasteiger partial charge in [0.1, 0.15) is 12.4 Å². The highest BCUT2D eigenvalue weighted by Crippen LogP contribution is 2.18. The van der Waals surface area contributed by atoms with Gasteiger partial charge < -0.3 is 10.1 Å². The summed E-state index contributed by atoms with van der Waals surface area (Å²) in [5, 5.41) is 3.37. The van der Waals surface area contributed by atoms with Gasteiger partial charge in [0.25, 0.3) is 0 Å². The predicted molar refractivity (Wildman–Crippen MR) is 84.0 cm³/mol. The van der Waals surface area contributed by atoms with Crippen LogP contribution in [0, 0.1) is 13.8 Å². The van der Waals surface area contributed by atoms with Gasteiger partial charge in [-0.05, 0) is 55.3 Å². The predicted octanol–water partition coefficient (Wildman–Crippen LogP) is 4.56. The summed E-state index contributed by atoms with van der Waals surface area (Å²) >= 11 is 3.43. The molecule has 1 N–H and O–H groups in total. The lowest BCUT2D eigenvalue weighted by Gasteiger charge is -2.10. The first-order valence-corrected chi connectivity index (χ1v) is 7.13. The molecule has 0 heterocycles. The quantitative estimate of drug-likeness (QED) is 0.816. The topological polar surface area (TPSA) is 21.3 Å². The molecule has 19 heavy (non-hydrogen) atoms. The van der Waals surface area contributed by atoms with Crippen molar-refractivity contribution >= 4 is 21.6 Å². The summed E-state index contributed by atoms with van der Waals surface area (Å²) in [6.07, 6.45) is 0. The molecule has 2 rings (SSSR count). The van der Waals surface area contributed by atoms with Crippen LogP contribution < -0.4 is 10.1 Å². The van der Waals surface area contributed by atoms with Crippen LogP contribution in [-0.4, -0.2) is 13.2 Å². The number of hydrogen-bond acceptors (Lipinski definition) is 2. The fraction of sp³-hybridized carbons (Fsp3) is 0.250. The molecule has 2 aromatic carbocycles. The highest BCUT2D eigenvalue weighted by Gasteiger charge is 1.97. The van der Waals surface area contributed by atoms with Gasteiger partial charge in [-0.25, -0.2) is 0 Å². The van der Waals surface area contributed by atoms with Crippen molar-refractivity contribution < 1.29 is 4.74 Å². The van der Waals surface area contributed by atoms with Crippen LogP contribution in [0.5, 0.6) is 5.75 Å². The van der Waals surface area contributed by atoms with Gasteiger partial charge in [-0.1, -0.05) is 28.1 Å². The van der Waals surface area contributed by atoms with Crippen molar-refractivity contribution in [2.45, 2.75) is 13.8 Å². The van der Waals surface area contributed by atoms with Crippen LogP contribution in [0.25, 0.3) is 0 Å². The van der Waals surface area contributed by atoms with Gasteiger partial charge in [0.05, 0.1) is 0 Å². The molecule has 2 aromatic rings. The minimum Gasteiger partial charge on any atom is -0.492 e. The molecule has 0 unspecified atom stereocenters. The maximum absolute atomic E-state index is 5.68. The number of halogens is 1. The Balaban J connectivity index is 1.80. The lowest BCUT2D eigenvalue weighted by Crippen LogP contribution is -2.11. The van der Waals surface area contributed by atoms with Crippen LogP contribution in [0.4, 0.5) is 5.69 Å². The van der Waals surface area contributed by atoms with Crippen molar-refractivity contribution in [2.24, 2.45) is 0 Å². The van der Waals surface area contributed by atoms with E-state index in [0.29, 0.717) is 6.61 Å². The van der Waals surface area contributed by atoms with Crippen LogP contribution >= 0.6 is 15.9 Å². The van der Waals surface area contributed by atoms with Crippen LogP contribution in [0.2, 0.25) is 0 Å². The molecule has 0 amide bonds. The highest BCUT2D eigenvalue weighted by atomic mass is 79.9. The molecule has 0 bridgehead atoms. The van der Waals surface area contributed by atoms with E-state index < -0.39 is 0 Å². The third kappa shape index (κ3) is 4.60. The molecule has 0 atom stereocenters. The van der Waals surface area contributed by atoms with E-state index in [0.717, 1.165) is 22.5 Å². The number of anilines is 1. The van der Waals surface area contributed by atoms with E-state index in [1.165, 1.54) is 11.1 Å². The number of nitrogens with one attached hydrogen (secondary N) is 1. The Morgan fingerprint density at radius 1 is 1.05 bits per heavy atom. The molecular formula is C16H18BrNO. The van der Waals surface area contributed by atoms with Gasteiger partial charge >= 0.3 is 0 Å². The van der Waals surface area contributed by atoms with Gasteiger partial charge in [0.15, 0.2) is 0 Å². The third-order valence-corrected chi connectivity index (χ3v) is 3.21. The summed E-state index contributed by atoms with van der Waals surface area (Å²) in [7, 11) is 0. The molecule has 0 radical (unpaired) electrons. The van der Waals surface area contributed by atoms with Crippen molar-refractivity contribution in [2.75, 3.05) is 18.5 Å². The van der Waals surface area contributed by atoms with Gasteiger partial charge in [0, 0.05) is 16.7 Å². The van der Waals surface area contributed by atoms with Crippen molar-refractivity contribution in [3.63, 3.8) is 0 Å². The lowest BCUT2D eigenvalue weighted by atomic mass is 10.1. The second-order valence-electron chi connectivity index (χ2n) is 4.61. The zero-order valence-electron chi connectivity index (χ0n) is 11.2. The molecule has 0 aliphatic heterocycles. The second-order valence-corrected chi connectivity index (χ2v) is 5.52. The number of hydrogen-bond donors (Lipinski definition) is 1. The number of benzene rings is 2. The molecule has 0 spiro atoms. The molecule has 0 saturated heterocycles. The summed E-state index contributed by atoms with van der Waals surface area (Å²) in [6.45, 7) is 5.64. The van der Waals surface area contributed by atoms with Gasteiger partial charge in [-0.15, -0.1) is 0 Å². The van der Waals surface area contributed by atoms with Crippen LogP contribution in [0.3, 0.4) is 0 Å². The van der Waals surface area contributed by atoms with E-state index >= 15 is 0 Å². The van der Waals surface area contributed by atoms with E-state index in [9.17, 15) is 0 Å². The Hall–Kier alpha value is -1.48. The molecule has 100 valence electrons. The van der Waals surface area contributed by atoms with E-state index in [1.807, 2.05) is 24.3 Å². The maximum Gasteiger partial charge on any atom is 0.120 e. The van der Waals surface area contributed by atoms with Crippen molar-refractivity contribution in [3.8, 4) is 5.75 Å². The van der Waals surface area contributed by atoms with Crippen LogP contribution in [0.15, 0.2) is 46.9 Å². The molecule has 0 fully saturated rings. The van der Waals surface area contributed by atoms with Gasteiger partial charge in [-0.2, -0.15) is 0 Å². The summed E-state index contributed by atoms with van der Waals surface area (Å²) in [6, 6.07) is 14.3. The Labute approximate surface area is 122 Å². The van der Waals surface area contributed by atoms with Gasteiger partial charge in [-0.3, -0.25) is 0 Å². The number of rotatable bonds is 5. The normalized spacial score (nSPS) is 10.3. The standard InChI is InChI=1S/C16H18BrNO/c1-12-8-13(2)10-15(9-12)18-6-7-19-16-5-3-4-14(17)11-16/h3-5,8-11,18H,6-7H2,1-2H3. The number of aryl methyl sites for hydroxylation is 2. The molecule has 3 heteroatoms. The second kappa shape index (κ2) is 6.62. The maximum atomic E-state index is 5.68. The van der Waals surface area contributed by atoms with Crippen LogP contribution in [-0.2, 0) is 0 Å². The Morgan fingerprint density at radius 2 is 1.79 bits per heavy atom. The molecule has 2 nitrogen and oxygen atoms in total. The Morgan fingerprint density at radius 3 is 2.47 bits per heavy atom. The van der Waals surface area contributed by atoms with Crippen LogP contribution in [0.1, 0.15) is 11.1 Å². The zero-order valence-corrected chi connectivity index (χ0v) is 12.8. The smallest absolute Gasteiger partial charge is 0.120 e. The minimum absolute atomic E-state index is 0.642. The summed E-state index contributed by atoms with van der Waals surface area (Å²) in [4.78, 5) is 0. The first-order chi connectivity index (χ1) is 9.13. The Bertz CT molecular complexity index is 534. The van der Waals surface area contributed by atoms with Crippen molar-refractivity contribution in [1.29, 1.82) is 0 Å². The lowest BCUT2D eigenvalue weighted by molar-refractivity contribution is 0.332. The van der Waals surface area contributed by atoms with E-state index in [1.54, 1.807) is 0 Å². The molecule has 0 saturated carbocycles. The number of ether oxygens (including phenoxy) is 1. The average molecular weight is 320 g/mol. The average Bonchev–Trinajstić information content (AvgIpc) is 2.34. The van der Waals surface area contributed by atoms with E-state index in [4.69, 9.17) is 4.74 Å². The van der Waals surface area contributed by atoms with E-state index in [-0.39, 0.29) is 0 Å².